The molecule has 0 bridgehead atoms. The number of halogens is 1. The van der Waals surface area contributed by atoms with Crippen molar-refractivity contribution in [2.24, 2.45) is 0 Å². The molecule has 0 amide bonds. The first-order chi connectivity index (χ1) is 8.12. The van der Waals surface area contributed by atoms with Crippen LogP contribution in [0, 0.1) is 44.5 Å². The molecule has 0 unspecified atom stereocenters. The van der Waals surface area contributed by atoms with Crippen LogP contribution in [-0.2, 0) is 0 Å². The summed E-state index contributed by atoms with van der Waals surface area (Å²) < 4.78 is 0.922. The summed E-state index contributed by atoms with van der Waals surface area (Å²) in [6.45, 7) is 1.96. The second kappa shape index (κ2) is 5.89. The monoisotopic (exact) mass is 334 g/mol. The fourth-order valence-electron chi connectivity index (χ4n) is 1.14. The average molecular weight is 334 g/mol. The number of hydrogen-bond acceptors (Lipinski definition) is 4. The van der Waals surface area contributed by atoms with Gasteiger partial charge in [-0.1, -0.05) is 6.07 Å². The second-order valence-electron chi connectivity index (χ2n) is 3.19. The van der Waals surface area contributed by atoms with Gasteiger partial charge in [0, 0.05) is 3.57 Å². The minimum absolute atomic E-state index is 0.0308. The molecule has 17 heavy (non-hydrogen) atoms. The van der Waals surface area contributed by atoms with E-state index in [-0.39, 0.29) is 11.3 Å². The number of aryl methyl sites for hydroxylation is 1. The normalized spacial score (nSPS) is 8.41. The highest BCUT2D eigenvalue weighted by molar-refractivity contribution is 14.1. The third-order valence-electron chi connectivity index (χ3n) is 1.97. The Morgan fingerprint density at radius 1 is 1.18 bits per heavy atom. The third-order valence-corrected chi connectivity index (χ3v) is 2.86. The van der Waals surface area contributed by atoms with E-state index in [2.05, 4.69) is 27.9 Å². The molecule has 0 saturated heterocycles. The number of nitriles is 3. The van der Waals surface area contributed by atoms with Crippen molar-refractivity contribution < 1.29 is 0 Å². The number of benzene rings is 1. The van der Waals surface area contributed by atoms with Crippen molar-refractivity contribution in [1.82, 2.24) is 0 Å². The van der Waals surface area contributed by atoms with E-state index in [1.165, 1.54) is 0 Å². The van der Waals surface area contributed by atoms with E-state index in [4.69, 9.17) is 15.8 Å². The van der Waals surface area contributed by atoms with Crippen LogP contribution in [-0.4, -0.2) is 0 Å². The standard InChI is InChI=1S/C12H7IN4/c1-8-2-3-11(10(13)4-8)17-12(7-16)9(5-14)6-15/h2-4,17H,1H3. The smallest absolute Gasteiger partial charge is 0.163 e. The van der Waals surface area contributed by atoms with Crippen LogP contribution in [0.3, 0.4) is 0 Å². The van der Waals surface area contributed by atoms with Crippen LogP contribution in [0.4, 0.5) is 5.69 Å². The van der Waals surface area contributed by atoms with Gasteiger partial charge in [0.05, 0.1) is 5.69 Å². The minimum atomic E-state index is -0.219. The highest BCUT2D eigenvalue weighted by Gasteiger charge is 2.07. The SMILES string of the molecule is Cc1ccc(NC(C#N)=C(C#N)C#N)c(I)c1. The van der Waals surface area contributed by atoms with Gasteiger partial charge in [0.2, 0.25) is 0 Å². The van der Waals surface area contributed by atoms with Gasteiger partial charge in [0.1, 0.15) is 23.9 Å². The molecule has 0 atom stereocenters. The molecule has 5 heteroatoms. The summed E-state index contributed by atoms with van der Waals surface area (Å²) in [6.07, 6.45) is 0. The molecule has 0 spiro atoms. The van der Waals surface area contributed by atoms with Gasteiger partial charge in [-0.2, -0.15) is 15.8 Å². The Bertz CT molecular complexity index is 580. The molecule has 1 aromatic rings. The zero-order chi connectivity index (χ0) is 12.8. The van der Waals surface area contributed by atoms with Crippen molar-refractivity contribution in [1.29, 1.82) is 15.8 Å². The Labute approximate surface area is 113 Å². The molecule has 0 fully saturated rings. The summed E-state index contributed by atoms with van der Waals surface area (Å²) in [5.74, 6) is 0. The number of nitrogens with one attached hydrogen (secondary N) is 1. The Morgan fingerprint density at radius 3 is 2.29 bits per heavy atom. The lowest BCUT2D eigenvalue weighted by atomic mass is 10.2. The Kier molecular flexibility index (Phi) is 4.51. The highest BCUT2D eigenvalue weighted by Crippen LogP contribution is 2.21. The maximum atomic E-state index is 8.89. The predicted octanol–water partition coefficient (Wildman–Crippen LogP) is 2.84. The average Bonchev–Trinajstić information content (AvgIpc) is 2.32. The quantitative estimate of drug-likeness (QED) is 0.666. The van der Waals surface area contributed by atoms with Crippen molar-refractivity contribution in [2.45, 2.75) is 6.92 Å². The number of anilines is 1. The fraction of sp³-hybridized carbons (Fsp3) is 0.0833. The van der Waals surface area contributed by atoms with Gasteiger partial charge in [-0.15, -0.1) is 0 Å². The van der Waals surface area contributed by atoms with E-state index in [1.54, 1.807) is 18.2 Å². The van der Waals surface area contributed by atoms with Gasteiger partial charge < -0.3 is 5.32 Å². The second-order valence-corrected chi connectivity index (χ2v) is 4.36. The molecule has 1 N–H and O–H groups in total. The maximum Gasteiger partial charge on any atom is 0.163 e. The summed E-state index contributed by atoms with van der Waals surface area (Å²) in [5.41, 5.74) is 1.56. The number of allylic oxidation sites excluding steroid dienone is 2. The van der Waals surface area contributed by atoms with Gasteiger partial charge in [-0.3, -0.25) is 0 Å². The topological polar surface area (TPSA) is 83.4 Å². The lowest BCUT2D eigenvalue weighted by Crippen LogP contribution is -2.02. The van der Waals surface area contributed by atoms with E-state index in [9.17, 15) is 0 Å². The van der Waals surface area contributed by atoms with E-state index in [1.807, 2.05) is 25.1 Å². The first kappa shape index (κ1) is 13.0. The maximum absolute atomic E-state index is 8.89. The largest absolute Gasteiger partial charge is 0.344 e. The molecule has 82 valence electrons. The molecular formula is C12H7IN4. The third kappa shape index (κ3) is 3.21. The Morgan fingerprint density at radius 2 is 1.82 bits per heavy atom. The molecule has 1 aromatic carbocycles. The van der Waals surface area contributed by atoms with Crippen LogP contribution in [0.15, 0.2) is 29.5 Å². The van der Waals surface area contributed by atoms with Crippen LogP contribution < -0.4 is 5.32 Å². The number of rotatable bonds is 2. The van der Waals surface area contributed by atoms with Crippen LogP contribution in [0.5, 0.6) is 0 Å². The number of hydrogen-bond donors (Lipinski definition) is 1. The molecule has 0 aliphatic carbocycles. The lowest BCUT2D eigenvalue weighted by Gasteiger charge is -2.07. The Hall–Kier alpha value is -2.04. The molecule has 0 aromatic heterocycles. The molecule has 0 heterocycles. The molecule has 1 rings (SSSR count). The predicted molar refractivity (Wildman–Crippen MR) is 71.4 cm³/mol. The van der Waals surface area contributed by atoms with Crippen LogP contribution in [0.2, 0.25) is 0 Å². The Balaban J connectivity index is 3.16. The zero-order valence-corrected chi connectivity index (χ0v) is 11.1. The summed E-state index contributed by atoms with van der Waals surface area (Å²) in [4.78, 5) is 0. The molecule has 0 aliphatic rings. The lowest BCUT2D eigenvalue weighted by molar-refractivity contribution is 1.35. The first-order valence-corrected chi connectivity index (χ1v) is 5.68. The summed E-state index contributed by atoms with van der Waals surface area (Å²) in [6, 6.07) is 10.8. The van der Waals surface area contributed by atoms with E-state index < -0.39 is 0 Å². The minimum Gasteiger partial charge on any atom is -0.344 e. The van der Waals surface area contributed by atoms with Crippen LogP contribution in [0.1, 0.15) is 5.56 Å². The van der Waals surface area contributed by atoms with Crippen molar-refractivity contribution in [3.63, 3.8) is 0 Å². The van der Waals surface area contributed by atoms with E-state index in [0.717, 1.165) is 9.13 Å². The van der Waals surface area contributed by atoms with Crippen molar-refractivity contribution in [2.75, 3.05) is 5.32 Å². The number of nitrogens with zero attached hydrogens (tertiary/aromatic N) is 3. The zero-order valence-electron chi connectivity index (χ0n) is 8.95. The molecule has 0 saturated carbocycles. The molecule has 0 radical (unpaired) electrons. The molecule has 4 nitrogen and oxygen atoms in total. The van der Waals surface area contributed by atoms with Crippen molar-refractivity contribution >= 4 is 28.3 Å². The summed E-state index contributed by atoms with van der Waals surface area (Å²) in [5, 5.41) is 29.1. The van der Waals surface area contributed by atoms with Gasteiger partial charge in [-0.25, -0.2) is 0 Å². The van der Waals surface area contributed by atoms with Crippen LogP contribution >= 0.6 is 22.6 Å². The highest BCUT2D eigenvalue weighted by atomic mass is 127. The summed E-state index contributed by atoms with van der Waals surface area (Å²) >= 11 is 2.12. The van der Waals surface area contributed by atoms with Crippen molar-refractivity contribution in [3.8, 4) is 18.2 Å². The van der Waals surface area contributed by atoms with Crippen molar-refractivity contribution in [3.05, 3.63) is 38.6 Å². The molecule has 0 aliphatic heterocycles. The van der Waals surface area contributed by atoms with Gasteiger partial charge in [0.15, 0.2) is 5.57 Å². The first-order valence-electron chi connectivity index (χ1n) is 4.60. The van der Waals surface area contributed by atoms with Crippen LogP contribution in [0.25, 0.3) is 0 Å². The van der Waals surface area contributed by atoms with Gasteiger partial charge in [0.25, 0.3) is 0 Å². The molecular weight excluding hydrogens is 327 g/mol. The van der Waals surface area contributed by atoms with E-state index in [0.29, 0.717) is 5.69 Å². The van der Waals surface area contributed by atoms with Gasteiger partial charge in [-0.05, 0) is 47.2 Å². The fourth-order valence-corrected chi connectivity index (χ4v) is 1.95. The van der Waals surface area contributed by atoms with Gasteiger partial charge >= 0.3 is 0 Å². The summed E-state index contributed by atoms with van der Waals surface area (Å²) in [7, 11) is 0. The van der Waals surface area contributed by atoms with E-state index >= 15 is 0 Å².